The minimum absolute atomic E-state index is 0.0326. The van der Waals surface area contributed by atoms with Gasteiger partial charge < -0.3 is 15.7 Å². The predicted octanol–water partition coefficient (Wildman–Crippen LogP) is 0.474. The van der Waals surface area contributed by atoms with Gasteiger partial charge >= 0.3 is 0 Å². The van der Waals surface area contributed by atoms with Gasteiger partial charge in [-0.2, -0.15) is 15.0 Å². The van der Waals surface area contributed by atoms with E-state index in [2.05, 4.69) is 30.6 Å². The second-order valence-electron chi connectivity index (χ2n) is 4.14. The monoisotopic (exact) mass is 291 g/mol. The highest BCUT2D eigenvalue weighted by molar-refractivity contribution is 5.41. The Morgan fingerprint density at radius 2 is 1.81 bits per heavy atom. The number of nitrogens with zero attached hydrogens (tertiary/aromatic N) is 4. The van der Waals surface area contributed by atoms with Crippen LogP contribution in [0.3, 0.4) is 0 Å². The van der Waals surface area contributed by atoms with Crippen molar-refractivity contribution in [2.45, 2.75) is 13.0 Å². The van der Waals surface area contributed by atoms with E-state index in [0.29, 0.717) is 31.4 Å². The first-order valence-electron chi connectivity index (χ1n) is 6.45. The van der Waals surface area contributed by atoms with Crippen molar-refractivity contribution in [3.05, 3.63) is 30.1 Å². The fourth-order valence-corrected chi connectivity index (χ4v) is 1.55. The molecule has 2 aromatic heterocycles. The lowest BCUT2D eigenvalue weighted by Crippen LogP contribution is -2.12. The van der Waals surface area contributed by atoms with Gasteiger partial charge in [0.05, 0.1) is 0 Å². The molecular formula is C12H17N7O2. The van der Waals surface area contributed by atoms with Crippen LogP contribution in [0.25, 0.3) is 0 Å². The number of aromatic nitrogens is 4. The molecule has 0 bridgehead atoms. The van der Waals surface area contributed by atoms with Crippen LogP contribution in [0.15, 0.2) is 24.5 Å². The highest BCUT2D eigenvalue weighted by Crippen LogP contribution is 2.10. The first-order valence-corrected chi connectivity index (χ1v) is 6.45. The zero-order chi connectivity index (χ0) is 14.9. The summed E-state index contributed by atoms with van der Waals surface area (Å²) in [6.07, 6.45) is 4.01. The van der Waals surface area contributed by atoms with E-state index in [1.54, 1.807) is 12.4 Å². The van der Waals surface area contributed by atoms with Gasteiger partial charge in [0, 0.05) is 32.1 Å². The lowest BCUT2D eigenvalue weighted by Gasteiger charge is -2.09. The standard InChI is InChI=1S/C12H17N7O2/c20-6-2-5-14-10-16-11(18-12(17-10)19-21)15-8-9-3-1-4-13-7-9/h1,3-4,7,20-21H,2,5-6,8H2,(H3,14,15,16,17,18,19). The van der Waals surface area contributed by atoms with Gasteiger partial charge in [0.1, 0.15) is 0 Å². The molecule has 0 aliphatic carbocycles. The predicted molar refractivity (Wildman–Crippen MR) is 77.0 cm³/mol. The quantitative estimate of drug-likeness (QED) is 0.348. The van der Waals surface area contributed by atoms with Crippen molar-refractivity contribution in [1.29, 1.82) is 0 Å². The average Bonchev–Trinajstić information content (AvgIpc) is 2.54. The van der Waals surface area contributed by atoms with Gasteiger partial charge in [0.2, 0.25) is 11.9 Å². The summed E-state index contributed by atoms with van der Waals surface area (Å²) in [7, 11) is 0. The van der Waals surface area contributed by atoms with Crippen LogP contribution in [0, 0.1) is 0 Å². The third kappa shape index (κ3) is 4.82. The van der Waals surface area contributed by atoms with Gasteiger partial charge in [-0.3, -0.25) is 10.2 Å². The van der Waals surface area contributed by atoms with Crippen LogP contribution < -0.4 is 16.1 Å². The Morgan fingerprint density at radius 1 is 1.05 bits per heavy atom. The molecule has 0 spiro atoms. The van der Waals surface area contributed by atoms with Gasteiger partial charge in [-0.15, -0.1) is 0 Å². The highest BCUT2D eigenvalue weighted by Gasteiger charge is 2.05. The molecule has 0 radical (unpaired) electrons. The summed E-state index contributed by atoms with van der Waals surface area (Å²) in [5.74, 6) is 0.658. The Hall–Kier alpha value is -2.52. The van der Waals surface area contributed by atoms with Gasteiger partial charge in [-0.25, -0.2) is 5.48 Å². The number of rotatable bonds is 8. The zero-order valence-corrected chi connectivity index (χ0v) is 11.3. The molecule has 2 rings (SSSR count). The minimum atomic E-state index is 0.0326. The number of anilines is 3. The van der Waals surface area contributed by atoms with Gasteiger partial charge in [-0.1, -0.05) is 6.07 Å². The third-order valence-corrected chi connectivity index (χ3v) is 2.53. The maximum absolute atomic E-state index is 8.93. The second-order valence-corrected chi connectivity index (χ2v) is 4.14. The molecule has 21 heavy (non-hydrogen) atoms. The van der Waals surface area contributed by atoms with Crippen LogP contribution in [-0.4, -0.2) is 43.4 Å². The molecule has 0 unspecified atom stereocenters. The van der Waals surface area contributed by atoms with Gasteiger partial charge in [-0.05, 0) is 18.1 Å². The number of hydrogen-bond acceptors (Lipinski definition) is 9. The summed E-state index contributed by atoms with van der Waals surface area (Å²) in [5, 5.41) is 23.6. The first kappa shape index (κ1) is 14.9. The molecular weight excluding hydrogens is 274 g/mol. The van der Waals surface area contributed by atoms with E-state index in [9.17, 15) is 0 Å². The van der Waals surface area contributed by atoms with Gasteiger partial charge in [0.25, 0.3) is 5.95 Å². The maximum atomic E-state index is 8.93. The van der Waals surface area contributed by atoms with E-state index in [0.717, 1.165) is 5.56 Å². The molecule has 0 atom stereocenters. The number of aliphatic hydroxyl groups excluding tert-OH is 1. The molecule has 0 aromatic carbocycles. The molecule has 2 heterocycles. The number of hydrogen-bond donors (Lipinski definition) is 5. The molecule has 9 nitrogen and oxygen atoms in total. The van der Waals surface area contributed by atoms with Crippen LogP contribution in [0.2, 0.25) is 0 Å². The van der Waals surface area contributed by atoms with E-state index in [1.165, 1.54) is 0 Å². The molecule has 112 valence electrons. The summed E-state index contributed by atoms with van der Waals surface area (Å²) >= 11 is 0. The molecule has 0 amide bonds. The fraction of sp³-hybridized carbons (Fsp3) is 0.333. The average molecular weight is 291 g/mol. The van der Waals surface area contributed by atoms with Gasteiger partial charge in [0.15, 0.2) is 0 Å². The molecule has 0 fully saturated rings. The van der Waals surface area contributed by atoms with Crippen LogP contribution in [-0.2, 0) is 6.54 Å². The smallest absolute Gasteiger partial charge is 0.253 e. The minimum Gasteiger partial charge on any atom is -0.396 e. The van der Waals surface area contributed by atoms with Crippen molar-refractivity contribution in [3.8, 4) is 0 Å². The summed E-state index contributed by atoms with van der Waals surface area (Å²) < 4.78 is 0. The first-order chi connectivity index (χ1) is 10.3. The summed E-state index contributed by atoms with van der Waals surface area (Å²) in [6, 6.07) is 3.76. The maximum Gasteiger partial charge on any atom is 0.253 e. The van der Waals surface area contributed by atoms with E-state index in [-0.39, 0.29) is 12.6 Å². The van der Waals surface area contributed by atoms with Crippen LogP contribution in [0.1, 0.15) is 12.0 Å². The molecule has 0 aliphatic rings. The Kier molecular flexibility index (Phi) is 5.61. The largest absolute Gasteiger partial charge is 0.396 e. The second kappa shape index (κ2) is 7.92. The Labute approximate surface area is 121 Å². The molecule has 0 saturated carbocycles. The van der Waals surface area contributed by atoms with Crippen molar-refractivity contribution in [2.75, 3.05) is 29.3 Å². The molecule has 0 aliphatic heterocycles. The lowest BCUT2D eigenvalue weighted by molar-refractivity contribution is 0.292. The van der Waals surface area contributed by atoms with E-state index in [1.807, 2.05) is 17.6 Å². The van der Waals surface area contributed by atoms with E-state index < -0.39 is 0 Å². The normalized spacial score (nSPS) is 10.2. The fourth-order valence-electron chi connectivity index (χ4n) is 1.55. The Morgan fingerprint density at radius 3 is 2.48 bits per heavy atom. The van der Waals surface area contributed by atoms with Crippen molar-refractivity contribution < 1.29 is 10.3 Å². The summed E-state index contributed by atoms with van der Waals surface area (Å²) in [6.45, 7) is 1.10. The number of pyridine rings is 1. The summed E-state index contributed by atoms with van der Waals surface area (Å²) in [4.78, 5) is 16.1. The Bertz CT molecular complexity index is 553. The summed E-state index contributed by atoms with van der Waals surface area (Å²) in [5.41, 5.74) is 2.87. The lowest BCUT2D eigenvalue weighted by atomic mass is 10.3. The highest BCUT2D eigenvalue weighted by atomic mass is 16.5. The Balaban J connectivity index is 2.02. The zero-order valence-electron chi connectivity index (χ0n) is 11.3. The molecule has 9 heteroatoms. The topological polar surface area (TPSA) is 128 Å². The van der Waals surface area contributed by atoms with E-state index >= 15 is 0 Å². The van der Waals surface area contributed by atoms with Crippen molar-refractivity contribution in [3.63, 3.8) is 0 Å². The van der Waals surface area contributed by atoms with Crippen LogP contribution >= 0.6 is 0 Å². The third-order valence-electron chi connectivity index (χ3n) is 2.53. The number of nitrogens with one attached hydrogen (secondary N) is 3. The SMILES string of the molecule is OCCCNc1nc(NO)nc(NCc2cccnc2)n1. The number of aliphatic hydroxyl groups is 1. The van der Waals surface area contributed by atoms with Crippen LogP contribution in [0.4, 0.5) is 17.8 Å². The van der Waals surface area contributed by atoms with Crippen molar-refractivity contribution in [1.82, 2.24) is 19.9 Å². The van der Waals surface area contributed by atoms with Crippen LogP contribution in [0.5, 0.6) is 0 Å². The van der Waals surface area contributed by atoms with E-state index in [4.69, 9.17) is 10.3 Å². The molecule has 0 saturated heterocycles. The molecule has 5 N–H and O–H groups in total. The molecule has 2 aromatic rings. The van der Waals surface area contributed by atoms with Crippen molar-refractivity contribution in [2.24, 2.45) is 0 Å². The van der Waals surface area contributed by atoms with Crippen molar-refractivity contribution >= 4 is 17.8 Å².